The van der Waals surface area contributed by atoms with E-state index in [-0.39, 0.29) is 22.7 Å². The van der Waals surface area contributed by atoms with Crippen LogP contribution in [0.3, 0.4) is 0 Å². The summed E-state index contributed by atoms with van der Waals surface area (Å²) < 4.78 is 18.8. The summed E-state index contributed by atoms with van der Waals surface area (Å²) in [5.41, 5.74) is 0.884. The molecular formula is C15H19BrFNO2. The minimum atomic E-state index is -0.271. The molecule has 2 atom stereocenters. The largest absolute Gasteiger partial charge is 0.371 e. The first-order valence-corrected chi connectivity index (χ1v) is 7.76. The van der Waals surface area contributed by atoms with Gasteiger partial charge >= 0.3 is 0 Å². The Kier molecular flexibility index (Phi) is 5.54. The van der Waals surface area contributed by atoms with Crippen molar-refractivity contribution in [1.82, 2.24) is 5.32 Å². The number of alkyl halides is 1. The van der Waals surface area contributed by atoms with Crippen molar-refractivity contribution < 1.29 is 13.9 Å². The molecule has 0 heterocycles. The highest BCUT2D eigenvalue weighted by molar-refractivity contribution is 9.10. The molecule has 1 amide bonds. The molecule has 0 unspecified atom stereocenters. The van der Waals surface area contributed by atoms with E-state index in [1.807, 2.05) is 0 Å². The third-order valence-corrected chi connectivity index (χ3v) is 3.71. The van der Waals surface area contributed by atoms with Gasteiger partial charge in [-0.3, -0.25) is 4.79 Å². The zero-order chi connectivity index (χ0) is 14.5. The van der Waals surface area contributed by atoms with Gasteiger partial charge in [-0.1, -0.05) is 28.1 Å². The van der Waals surface area contributed by atoms with E-state index < -0.39 is 0 Å². The molecule has 0 radical (unpaired) electrons. The van der Waals surface area contributed by atoms with Crippen LogP contribution >= 0.6 is 15.9 Å². The number of rotatable bonds is 7. The van der Waals surface area contributed by atoms with Crippen molar-refractivity contribution in [2.24, 2.45) is 5.92 Å². The molecule has 1 N–H and O–H groups in total. The number of amides is 1. The van der Waals surface area contributed by atoms with Crippen molar-refractivity contribution in [3.63, 3.8) is 0 Å². The maximum Gasteiger partial charge on any atom is 0.233 e. The van der Waals surface area contributed by atoms with Gasteiger partial charge in [0.15, 0.2) is 0 Å². The molecule has 1 aromatic rings. The Balaban J connectivity index is 1.95. The lowest BCUT2D eigenvalue weighted by Gasteiger charge is -2.19. The number of ether oxygens (including phenoxy) is 1. The summed E-state index contributed by atoms with van der Waals surface area (Å²) in [5.74, 6) is 0.295. The molecule has 1 aliphatic rings. The van der Waals surface area contributed by atoms with Gasteiger partial charge in [-0.15, -0.1) is 0 Å². The smallest absolute Gasteiger partial charge is 0.233 e. The number of hydrogen-bond acceptors (Lipinski definition) is 2. The average molecular weight is 344 g/mol. The first-order chi connectivity index (χ1) is 9.56. The lowest BCUT2D eigenvalue weighted by atomic mass is 10.1. The van der Waals surface area contributed by atoms with Crippen LogP contribution in [0.5, 0.6) is 0 Å². The van der Waals surface area contributed by atoms with E-state index in [1.165, 1.54) is 25.0 Å². The summed E-state index contributed by atoms with van der Waals surface area (Å²) >= 11 is 3.23. The van der Waals surface area contributed by atoms with Gasteiger partial charge < -0.3 is 10.1 Å². The fourth-order valence-corrected chi connectivity index (χ4v) is 1.98. The van der Waals surface area contributed by atoms with Crippen LogP contribution in [0.1, 0.15) is 31.4 Å². The van der Waals surface area contributed by atoms with E-state index >= 15 is 0 Å². The van der Waals surface area contributed by atoms with Crippen molar-refractivity contribution in [2.75, 3.05) is 13.2 Å². The molecule has 1 aromatic carbocycles. The fourth-order valence-electron chi connectivity index (χ4n) is 1.82. The van der Waals surface area contributed by atoms with E-state index in [4.69, 9.17) is 4.74 Å². The van der Waals surface area contributed by atoms with Gasteiger partial charge in [0.2, 0.25) is 5.91 Å². The van der Waals surface area contributed by atoms with Crippen LogP contribution in [0.15, 0.2) is 24.3 Å². The molecule has 0 aromatic heterocycles. The maximum atomic E-state index is 13.0. The first-order valence-electron chi connectivity index (χ1n) is 6.85. The second kappa shape index (κ2) is 7.18. The normalized spacial score (nSPS) is 17.6. The number of halogens is 2. The molecule has 0 aliphatic heterocycles. The van der Waals surface area contributed by atoms with Gasteiger partial charge in [0.25, 0.3) is 0 Å². The van der Waals surface area contributed by atoms with E-state index in [0.717, 1.165) is 5.56 Å². The number of benzene rings is 1. The standard InChI is InChI=1S/C15H19BrFNO2/c1-10(16)15(19)18-8-14(20-9-11-2-3-11)12-4-6-13(17)7-5-12/h4-7,10-11,14H,2-3,8-9H2,1H3,(H,18,19)/t10-,14-/m0/s1. The Labute approximate surface area is 127 Å². The predicted molar refractivity (Wildman–Crippen MR) is 79.2 cm³/mol. The molecule has 3 nitrogen and oxygen atoms in total. The highest BCUT2D eigenvalue weighted by Crippen LogP contribution is 2.31. The average Bonchev–Trinajstić information content (AvgIpc) is 3.24. The van der Waals surface area contributed by atoms with E-state index in [1.54, 1.807) is 19.1 Å². The van der Waals surface area contributed by atoms with Gasteiger partial charge in [0.05, 0.1) is 17.5 Å². The fraction of sp³-hybridized carbons (Fsp3) is 0.533. The first kappa shape index (κ1) is 15.4. The van der Waals surface area contributed by atoms with E-state index in [9.17, 15) is 9.18 Å². The summed E-state index contributed by atoms with van der Waals surface area (Å²) in [6.07, 6.45) is 2.19. The number of nitrogens with one attached hydrogen (secondary N) is 1. The monoisotopic (exact) mass is 343 g/mol. The Bertz CT molecular complexity index is 446. The second-order valence-electron chi connectivity index (χ2n) is 5.18. The van der Waals surface area contributed by atoms with Crippen LogP contribution in [0.4, 0.5) is 4.39 Å². The van der Waals surface area contributed by atoms with E-state index in [2.05, 4.69) is 21.2 Å². The summed E-state index contributed by atoms with van der Waals surface area (Å²) in [6.45, 7) is 2.86. The summed E-state index contributed by atoms with van der Waals surface area (Å²) in [5, 5.41) is 2.83. The van der Waals surface area contributed by atoms with Crippen LogP contribution in [0.2, 0.25) is 0 Å². The van der Waals surface area contributed by atoms with Crippen molar-refractivity contribution in [2.45, 2.75) is 30.7 Å². The van der Waals surface area contributed by atoms with E-state index in [0.29, 0.717) is 19.1 Å². The SMILES string of the molecule is C[C@H](Br)C(=O)NC[C@H](OCC1CC1)c1ccc(F)cc1. The lowest BCUT2D eigenvalue weighted by molar-refractivity contribution is -0.120. The molecule has 5 heteroatoms. The second-order valence-corrected chi connectivity index (χ2v) is 6.55. The zero-order valence-corrected chi connectivity index (χ0v) is 13.0. The molecular weight excluding hydrogens is 325 g/mol. The van der Waals surface area contributed by atoms with Crippen LogP contribution < -0.4 is 5.32 Å². The highest BCUT2D eigenvalue weighted by Gasteiger charge is 2.24. The Morgan fingerprint density at radius 3 is 2.65 bits per heavy atom. The molecule has 1 fully saturated rings. The summed E-state index contributed by atoms with van der Waals surface area (Å²) in [4.78, 5) is 11.4. The lowest BCUT2D eigenvalue weighted by Crippen LogP contribution is -2.33. The Morgan fingerprint density at radius 2 is 2.10 bits per heavy atom. The molecule has 20 heavy (non-hydrogen) atoms. The third-order valence-electron chi connectivity index (χ3n) is 3.29. The van der Waals surface area contributed by atoms with Gasteiger partial charge in [-0.25, -0.2) is 4.39 Å². The van der Waals surface area contributed by atoms with Gasteiger partial charge in [0, 0.05) is 6.54 Å². The van der Waals surface area contributed by atoms with Gasteiger partial charge in [-0.05, 0) is 43.4 Å². The molecule has 110 valence electrons. The van der Waals surface area contributed by atoms with Crippen molar-refractivity contribution in [1.29, 1.82) is 0 Å². The topological polar surface area (TPSA) is 38.3 Å². The minimum Gasteiger partial charge on any atom is -0.371 e. The third kappa shape index (κ3) is 4.87. The Hall–Kier alpha value is -0.940. The van der Waals surface area contributed by atoms with Gasteiger partial charge in [0.1, 0.15) is 5.82 Å². The molecule has 2 rings (SSSR count). The van der Waals surface area contributed by atoms with Gasteiger partial charge in [-0.2, -0.15) is 0 Å². The number of carbonyl (C=O) groups is 1. The summed E-state index contributed by atoms with van der Waals surface area (Å²) in [6, 6.07) is 6.24. The summed E-state index contributed by atoms with van der Waals surface area (Å²) in [7, 11) is 0. The van der Waals surface area contributed by atoms with Crippen molar-refractivity contribution in [3.8, 4) is 0 Å². The van der Waals surface area contributed by atoms with Crippen LogP contribution in [0, 0.1) is 11.7 Å². The predicted octanol–water partition coefficient (Wildman–Crippen LogP) is 3.19. The van der Waals surface area contributed by atoms with Crippen molar-refractivity contribution in [3.05, 3.63) is 35.6 Å². The number of hydrogen-bond donors (Lipinski definition) is 1. The molecule has 0 spiro atoms. The number of carbonyl (C=O) groups excluding carboxylic acids is 1. The molecule has 1 aliphatic carbocycles. The highest BCUT2D eigenvalue weighted by atomic mass is 79.9. The molecule has 0 saturated heterocycles. The maximum absolute atomic E-state index is 13.0. The Morgan fingerprint density at radius 1 is 1.45 bits per heavy atom. The van der Waals surface area contributed by atoms with Crippen LogP contribution in [-0.4, -0.2) is 23.9 Å². The van der Waals surface area contributed by atoms with Crippen LogP contribution in [0.25, 0.3) is 0 Å². The molecule has 0 bridgehead atoms. The minimum absolute atomic E-state index is 0.0767. The molecule has 1 saturated carbocycles. The van der Waals surface area contributed by atoms with Crippen LogP contribution in [-0.2, 0) is 9.53 Å². The quantitative estimate of drug-likeness (QED) is 0.772. The zero-order valence-electron chi connectivity index (χ0n) is 11.4. The van der Waals surface area contributed by atoms with Crippen molar-refractivity contribution >= 4 is 21.8 Å².